The van der Waals surface area contributed by atoms with Crippen LogP contribution in [0.4, 0.5) is 4.79 Å². The fourth-order valence-corrected chi connectivity index (χ4v) is 0.847. The summed E-state index contributed by atoms with van der Waals surface area (Å²) < 4.78 is 20.1. The number of imide groups is 1. The molecule has 0 unspecified atom stereocenters. The average molecular weight is 162 g/mol. The molecule has 1 fully saturated rings. The molecule has 0 atom stereocenters. The number of carbonyl (C=O) groups excluding carboxylic acids is 2. The van der Waals surface area contributed by atoms with E-state index in [4.69, 9.17) is 0 Å². The maximum absolute atomic E-state index is 10.4. The molecule has 0 radical (unpaired) electrons. The molecule has 1 aliphatic rings. The molecule has 1 saturated heterocycles. The second kappa shape index (κ2) is 2.10. The largest absolute Gasteiger partial charge is 0.327 e. The summed E-state index contributed by atoms with van der Waals surface area (Å²) in [5, 5.41) is 3.54. The topological polar surface area (TPSA) is 92.3 Å². The summed E-state index contributed by atoms with van der Waals surface area (Å²) in [5.74, 6) is -0.918. The van der Waals surface area contributed by atoms with Crippen molar-refractivity contribution in [2.75, 3.05) is 0 Å². The van der Waals surface area contributed by atoms with Gasteiger partial charge in [-0.2, -0.15) is 8.42 Å². The SMILES string of the molecule is O=C1NC(=O)C(=S(=O)=O)N1. The summed E-state index contributed by atoms with van der Waals surface area (Å²) in [5.41, 5.74) is 0. The molecule has 6 nitrogen and oxygen atoms in total. The number of hydrogen-bond donors (Lipinski definition) is 2. The highest BCUT2D eigenvalue weighted by atomic mass is 32.2. The zero-order valence-electron chi connectivity index (χ0n) is 4.54. The third kappa shape index (κ3) is 0.982. The van der Waals surface area contributed by atoms with Crippen molar-refractivity contribution >= 4 is 27.2 Å². The van der Waals surface area contributed by atoms with E-state index in [0.29, 0.717) is 0 Å². The van der Waals surface area contributed by atoms with Crippen LogP contribution in [0.15, 0.2) is 0 Å². The minimum atomic E-state index is -2.67. The molecule has 0 aromatic heterocycles. The van der Waals surface area contributed by atoms with Crippen molar-refractivity contribution in [1.29, 1.82) is 0 Å². The van der Waals surface area contributed by atoms with Gasteiger partial charge < -0.3 is 0 Å². The summed E-state index contributed by atoms with van der Waals surface area (Å²) in [6.07, 6.45) is 0. The minimum Gasteiger partial charge on any atom is -0.290 e. The first kappa shape index (κ1) is 6.75. The molecule has 2 N–H and O–H groups in total. The van der Waals surface area contributed by atoms with Gasteiger partial charge >= 0.3 is 6.03 Å². The minimum absolute atomic E-state index is 0.634. The van der Waals surface area contributed by atoms with Gasteiger partial charge in [-0.05, 0) is 0 Å². The third-order valence-corrected chi connectivity index (χ3v) is 1.45. The number of urea groups is 1. The Morgan fingerprint density at radius 2 is 1.70 bits per heavy atom. The molecule has 0 spiro atoms. The van der Waals surface area contributed by atoms with Crippen molar-refractivity contribution in [3.63, 3.8) is 0 Å². The Morgan fingerprint density at radius 1 is 1.10 bits per heavy atom. The number of rotatable bonds is 0. The van der Waals surface area contributed by atoms with Gasteiger partial charge in [-0.1, -0.05) is 0 Å². The fraction of sp³-hybridized carbons (Fsp3) is 0. The zero-order chi connectivity index (χ0) is 7.72. The van der Waals surface area contributed by atoms with Gasteiger partial charge in [-0.15, -0.1) is 0 Å². The van der Waals surface area contributed by atoms with E-state index in [2.05, 4.69) is 0 Å². The quantitative estimate of drug-likeness (QED) is 0.313. The second-order valence-corrected chi connectivity index (χ2v) is 2.35. The molecule has 54 valence electrons. The van der Waals surface area contributed by atoms with Crippen LogP contribution in [-0.2, 0) is 15.1 Å². The van der Waals surface area contributed by atoms with E-state index < -0.39 is 27.2 Å². The van der Waals surface area contributed by atoms with Crippen molar-refractivity contribution < 1.29 is 18.0 Å². The normalized spacial score (nSPS) is 16.6. The zero-order valence-corrected chi connectivity index (χ0v) is 5.36. The highest BCUT2D eigenvalue weighted by molar-refractivity contribution is 7.74. The number of amides is 3. The molecule has 1 heterocycles. The van der Waals surface area contributed by atoms with Crippen LogP contribution in [0.5, 0.6) is 0 Å². The standard InChI is InChI=1S/C3H2N2O4S/c6-1-2(10(8)9)5-3(7)4-1/h(H2,4,5,6,7). The maximum atomic E-state index is 10.4. The number of hydrogen-bond acceptors (Lipinski definition) is 4. The molecule has 1 rings (SSSR count). The molecule has 1 aliphatic heterocycles. The summed E-state index contributed by atoms with van der Waals surface area (Å²) in [4.78, 5) is 20.0. The molecule has 0 aliphatic carbocycles. The summed E-state index contributed by atoms with van der Waals surface area (Å²) in [6.45, 7) is 0. The van der Waals surface area contributed by atoms with Crippen LogP contribution in [-0.4, -0.2) is 25.3 Å². The van der Waals surface area contributed by atoms with Crippen LogP contribution in [0.25, 0.3) is 0 Å². The molecule has 0 aromatic rings. The van der Waals surface area contributed by atoms with Gasteiger partial charge in [0.15, 0.2) is 0 Å². The van der Waals surface area contributed by atoms with Crippen LogP contribution < -0.4 is 10.6 Å². The van der Waals surface area contributed by atoms with E-state index >= 15 is 0 Å². The van der Waals surface area contributed by atoms with Gasteiger partial charge in [-0.25, -0.2) is 4.79 Å². The number of carbonyl (C=O) groups is 2. The maximum Gasteiger partial charge on any atom is 0.327 e. The van der Waals surface area contributed by atoms with Gasteiger partial charge in [0.25, 0.3) is 5.91 Å². The molecule has 10 heavy (non-hydrogen) atoms. The van der Waals surface area contributed by atoms with Gasteiger partial charge in [-0.3, -0.25) is 15.4 Å². The first-order valence-corrected chi connectivity index (χ1v) is 3.27. The van der Waals surface area contributed by atoms with Crippen molar-refractivity contribution in [3.05, 3.63) is 0 Å². The van der Waals surface area contributed by atoms with E-state index in [1.54, 1.807) is 5.32 Å². The van der Waals surface area contributed by atoms with E-state index in [1.807, 2.05) is 5.32 Å². The Balaban J connectivity index is 3.18. The fourth-order valence-electron chi connectivity index (χ4n) is 0.468. The van der Waals surface area contributed by atoms with Crippen molar-refractivity contribution in [2.45, 2.75) is 0 Å². The van der Waals surface area contributed by atoms with Crippen LogP contribution in [0.3, 0.4) is 0 Å². The lowest BCUT2D eigenvalue weighted by molar-refractivity contribution is -0.113. The van der Waals surface area contributed by atoms with Crippen LogP contribution in [0, 0.1) is 0 Å². The highest BCUT2D eigenvalue weighted by Gasteiger charge is 2.25. The third-order valence-electron chi connectivity index (χ3n) is 0.827. The van der Waals surface area contributed by atoms with Gasteiger partial charge in [0.1, 0.15) is 0 Å². The molecule has 7 heteroatoms. The smallest absolute Gasteiger partial charge is 0.290 e. The predicted molar refractivity (Wildman–Crippen MR) is 30.6 cm³/mol. The Kier molecular flexibility index (Phi) is 1.42. The molecule has 0 aromatic carbocycles. The predicted octanol–water partition coefficient (Wildman–Crippen LogP) is -2.17. The average Bonchev–Trinajstić information content (AvgIpc) is 2.10. The first-order chi connectivity index (χ1) is 4.61. The Bertz CT molecular complexity index is 318. The lowest BCUT2D eigenvalue weighted by Gasteiger charge is -1.78. The van der Waals surface area contributed by atoms with E-state index in [0.717, 1.165) is 0 Å². The molecule has 0 bridgehead atoms. The van der Waals surface area contributed by atoms with Crippen LogP contribution in [0.1, 0.15) is 0 Å². The lowest BCUT2D eigenvalue weighted by atomic mass is 10.7. The monoisotopic (exact) mass is 162 g/mol. The highest BCUT2D eigenvalue weighted by Crippen LogP contribution is 1.80. The summed E-state index contributed by atoms with van der Waals surface area (Å²) in [7, 11) is -2.67. The van der Waals surface area contributed by atoms with E-state index in [9.17, 15) is 18.0 Å². The Hall–Kier alpha value is -1.37. The molecular weight excluding hydrogens is 160 g/mol. The van der Waals surface area contributed by atoms with Crippen molar-refractivity contribution in [3.8, 4) is 0 Å². The molecule has 0 saturated carbocycles. The van der Waals surface area contributed by atoms with Gasteiger partial charge in [0, 0.05) is 0 Å². The summed E-state index contributed by atoms with van der Waals surface area (Å²) >= 11 is 0. The van der Waals surface area contributed by atoms with E-state index in [1.165, 1.54) is 0 Å². The molecular formula is C3H2N2O4S. The van der Waals surface area contributed by atoms with Crippen molar-refractivity contribution in [1.82, 2.24) is 10.6 Å². The van der Waals surface area contributed by atoms with Crippen LogP contribution in [0.2, 0.25) is 0 Å². The molecule has 3 amide bonds. The van der Waals surface area contributed by atoms with E-state index in [-0.39, 0.29) is 0 Å². The van der Waals surface area contributed by atoms with Gasteiger partial charge in [0.05, 0.1) is 0 Å². The Morgan fingerprint density at radius 3 is 1.90 bits per heavy atom. The Labute approximate surface area is 56.7 Å². The number of nitrogens with one attached hydrogen (secondary N) is 2. The second-order valence-electron chi connectivity index (χ2n) is 1.47. The van der Waals surface area contributed by atoms with Gasteiger partial charge in [0.2, 0.25) is 15.3 Å². The first-order valence-electron chi connectivity index (χ1n) is 2.20. The van der Waals surface area contributed by atoms with Crippen molar-refractivity contribution in [2.24, 2.45) is 0 Å². The van der Waals surface area contributed by atoms with Crippen LogP contribution >= 0.6 is 0 Å². The summed E-state index contributed by atoms with van der Waals surface area (Å²) in [6, 6.07) is -0.816. The lowest BCUT2D eigenvalue weighted by Crippen LogP contribution is -2.22.